The third-order valence-corrected chi connectivity index (χ3v) is 5.15. The van der Waals surface area contributed by atoms with Gasteiger partial charge in [-0.25, -0.2) is 0 Å². The van der Waals surface area contributed by atoms with Gasteiger partial charge >= 0.3 is 0 Å². The van der Waals surface area contributed by atoms with Gasteiger partial charge in [0.1, 0.15) is 5.75 Å². The standard InChI is InChI=1S/C20H22N2O3/c1-24-17-6-4-16(5-7-17)19(23)22-12-20(13-22)10-18(25-14-20)9-15-3-2-8-21-11-15/h2-8,11,18H,9-10,12-14H2,1H3/t18-/m1/s1. The lowest BCUT2D eigenvalue weighted by Crippen LogP contribution is -2.58. The fourth-order valence-electron chi connectivity index (χ4n) is 3.85. The Morgan fingerprint density at radius 2 is 2.12 bits per heavy atom. The molecule has 0 saturated carbocycles. The molecule has 2 aromatic rings. The normalized spacial score (nSPS) is 21.2. The molecule has 2 aliphatic rings. The monoisotopic (exact) mass is 338 g/mol. The van der Waals surface area contributed by atoms with E-state index in [-0.39, 0.29) is 17.4 Å². The Hall–Kier alpha value is -2.40. The first-order chi connectivity index (χ1) is 12.2. The van der Waals surface area contributed by atoms with Gasteiger partial charge in [0, 0.05) is 42.9 Å². The largest absolute Gasteiger partial charge is 0.497 e. The molecule has 1 aromatic carbocycles. The van der Waals surface area contributed by atoms with Crippen LogP contribution in [0.25, 0.3) is 0 Å². The lowest BCUT2D eigenvalue weighted by molar-refractivity contribution is -0.00134. The van der Waals surface area contributed by atoms with Crippen molar-refractivity contribution >= 4 is 5.91 Å². The maximum Gasteiger partial charge on any atom is 0.253 e. The molecule has 2 fully saturated rings. The van der Waals surface area contributed by atoms with E-state index >= 15 is 0 Å². The van der Waals surface area contributed by atoms with E-state index in [1.165, 1.54) is 5.56 Å². The maximum absolute atomic E-state index is 12.6. The molecule has 2 aliphatic heterocycles. The number of methoxy groups -OCH3 is 1. The van der Waals surface area contributed by atoms with Crippen molar-refractivity contribution in [2.75, 3.05) is 26.8 Å². The summed E-state index contributed by atoms with van der Waals surface area (Å²) in [4.78, 5) is 18.7. The number of hydrogen-bond donors (Lipinski definition) is 0. The Morgan fingerprint density at radius 1 is 1.32 bits per heavy atom. The Morgan fingerprint density at radius 3 is 2.80 bits per heavy atom. The molecular weight excluding hydrogens is 316 g/mol. The third kappa shape index (κ3) is 3.24. The van der Waals surface area contributed by atoms with Crippen LogP contribution in [0.4, 0.5) is 0 Å². The quantitative estimate of drug-likeness (QED) is 0.860. The first-order valence-corrected chi connectivity index (χ1v) is 8.61. The summed E-state index contributed by atoms with van der Waals surface area (Å²) < 4.78 is 11.1. The van der Waals surface area contributed by atoms with Crippen molar-refractivity contribution in [1.29, 1.82) is 0 Å². The molecule has 1 spiro atoms. The molecule has 5 nitrogen and oxygen atoms in total. The van der Waals surface area contributed by atoms with Crippen LogP contribution in [0.1, 0.15) is 22.3 Å². The summed E-state index contributed by atoms with van der Waals surface area (Å²) >= 11 is 0. The zero-order valence-corrected chi connectivity index (χ0v) is 14.4. The van der Waals surface area contributed by atoms with Crippen LogP contribution in [0.5, 0.6) is 5.75 Å². The summed E-state index contributed by atoms with van der Waals surface area (Å²) in [6, 6.07) is 11.3. The van der Waals surface area contributed by atoms with Crippen LogP contribution in [0, 0.1) is 5.41 Å². The van der Waals surface area contributed by atoms with Crippen LogP contribution in [0.2, 0.25) is 0 Å². The Kier molecular flexibility index (Phi) is 4.17. The van der Waals surface area contributed by atoms with Crippen molar-refractivity contribution in [1.82, 2.24) is 9.88 Å². The summed E-state index contributed by atoms with van der Waals surface area (Å²) in [7, 11) is 1.62. The van der Waals surface area contributed by atoms with Gasteiger partial charge in [0.2, 0.25) is 0 Å². The molecule has 3 heterocycles. The molecule has 0 unspecified atom stereocenters. The van der Waals surface area contributed by atoms with Gasteiger partial charge < -0.3 is 14.4 Å². The van der Waals surface area contributed by atoms with Gasteiger partial charge in [0.15, 0.2) is 0 Å². The predicted octanol–water partition coefficient (Wildman–Crippen LogP) is 2.56. The zero-order valence-electron chi connectivity index (χ0n) is 14.4. The average molecular weight is 338 g/mol. The van der Waals surface area contributed by atoms with Crippen LogP contribution in [-0.4, -0.2) is 48.7 Å². The Labute approximate surface area is 147 Å². The number of aromatic nitrogens is 1. The van der Waals surface area contributed by atoms with E-state index in [0.717, 1.165) is 38.3 Å². The van der Waals surface area contributed by atoms with E-state index in [1.807, 2.05) is 41.4 Å². The van der Waals surface area contributed by atoms with Crippen LogP contribution in [0.3, 0.4) is 0 Å². The minimum absolute atomic E-state index is 0.0870. The molecular formula is C20H22N2O3. The fourth-order valence-corrected chi connectivity index (χ4v) is 3.85. The molecule has 0 N–H and O–H groups in total. The topological polar surface area (TPSA) is 51.7 Å². The highest BCUT2D eigenvalue weighted by atomic mass is 16.5. The summed E-state index contributed by atoms with van der Waals surface area (Å²) in [6.45, 7) is 2.30. The van der Waals surface area contributed by atoms with Crippen molar-refractivity contribution < 1.29 is 14.3 Å². The second-order valence-corrected chi connectivity index (χ2v) is 7.09. The van der Waals surface area contributed by atoms with Crippen molar-refractivity contribution in [3.05, 3.63) is 59.9 Å². The summed E-state index contributed by atoms with van der Waals surface area (Å²) in [6.07, 6.45) is 5.81. The van der Waals surface area contributed by atoms with Gasteiger partial charge in [-0.15, -0.1) is 0 Å². The highest BCUT2D eigenvalue weighted by molar-refractivity contribution is 5.95. The van der Waals surface area contributed by atoms with E-state index < -0.39 is 0 Å². The molecule has 1 amide bonds. The van der Waals surface area contributed by atoms with Gasteiger partial charge in [0.25, 0.3) is 5.91 Å². The molecule has 5 heteroatoms. The highest BCUT2D eigenvalue weighted by Crippen LogP contribution is 2.42. The SMILES string of the molecule is COc1ccc(C(=O)N2CC3(CO[C@H](Cc4cccnc4)C3)C2)cc1. The second kappa shape index (κ2) is 6.48. The van der Waals surface area contributed by atoms with Crippen molar-refractivity contribution in [2.24, 2.45) is 5.41 Å². The highest BCUT2D eigenvalue weighted by Gasteiger charge is 2.50. The van der Waals surface area contributed by atoms with Gasteiger partial charge in [-0.2, -0.15) is 0 Å². The molecule has 25 heavy (non-hydrogen) atoms. The molecule has 1 aromatic heterocycles. The fraction of sp³-hybridized carbons (Fsp3) is 0.400. The van der Waals surface area contributed by atoms with Crippen LogP contribution in [0.15, 0.2) is 48.8 Å². The molecule has 4 rings (SSSR count). The number of benzene rings is 1. The number of amides is 1. The molecule has 1 atom stereocenters. The number of carbonyl (C=O) groups excluding carboxylic acids is 1. The van der Waals surface area contributed by atoms with Crippen molar-refractivity contribution in [3.63, 3.8) is 0 Å². The number of likely N-dealkylation sites (tertiary alicyclic amines) is 1. The molecule has 130 valence electrons. The number of hydrogen-bond acceptors (Lipinski definition) is 4. The first-order valence-electron chi connectivity index (χ1n) is 8.61. The summed E-state index contributed by atoms with van der Waals surface area (Å²) in [5.41, 5.74) is 2.05. The number of ether oxygens (including phenoxy) is 2. The van der Waals surface area contributed by atoms with E-state index in [4.69, 9.17) is 9.47 Å². The zero-order chi connectivity index (χ0) is 17.3. The Balaban J connectivity index is 1.33. The smallest absolute Gasteiger partial charge is 0.253 e. The van der Waals surface area contributed by atoms with Crippen LogP contribution in [-0.2, 0) is 11.2 Å². The molecule has 0 radical (unpaired) electrons. The summed E-state index contributed by atoms with van der Waals surface area (Å²) in [5.74, 6) is 0.850. The third-order valence-electron chi connectivity index (χ3n) is 5.15. The van der Waals surface area contributed by atoms with Crippen molar-refractivity contribution in [3.8, 4) is 5.75 Å². The van der Waals surface area contributed by atoms with E-state index in [1.54, 1.807) is 13.3 Å². The van der Waals surface area contributed by atoms with Crippen molar-refractivity contribution in [2.45, 2.75) is 18.9 Å². The van der Waals surface area contributed by atoms with E-state index in [9.17, 15) is 4.79 Å². The number of nitrogens with zero attached hydrogens (tertiary/aromatic N) is 2. The van der Waals surface area contributed by atoms with Gasteiger partial charge in [-0.3, -0.25) is 9.78 Å². The number of carbonyl (C=O) groups is 1. The second-order valence-electron chi connectivity index (χ2n) is 7.09. The minimum Gasteiger partial charge on any atom is -0.497 e. The van der Waals surface area contributed by atoms with Crippen LogP contribution < -0.4 is 4.74 Å². The van der Waals surface area contributed by atoms with Gasteiger partial charge in [0.05, 0.1) is 19.8 Å². The maximum atomic E-state index is 12.6. The predicted molar refractivity (Wildman–Crippen MR) is 93.6 cm³/mol. The van der Waals surface area contributed by atoms with Crippen LogP contribution >= 0.6 is 0 Å². The molecule has 0 bridgehead atoms. The van der Waals surface area contributed by atoms with Gasteiger partial charge in [-0.05, 0) is 42.3 Å². The minimum atomic E-state index is 0.0870. The Bertz CT molecular complexity index is 739. The summed E-state index contributed by atoms with van der Waals surface area (Å²) in [5, 5.41) is 0. The van der Waals surface area contributed by atoms with E-state index in [0.29, 0.717) is 5.56 Å². The lowest BCUT2D eigenvalue weighted by atomic mass is 9.77. The van der Waals surface area contributed by atoms with Gasteiger partial charge in [-0.1, -0.05) is 6.07 Å². The first kappa shape index (κ1) is 16.1. The number of pyridine rings is 1. The van der Waals surface area contributed by atoms with E-state index in [2.05, 4.69) is 11.1 Å². The molecule has 0 aliphatic carbocycles. The lowest BCUT2D eigenvalue weighted by Gasteiger charge is -2.47. The average Bonchev–Trinajstić information content (AvgIpc) is 3.05. The number of rotatable bonds is 4. The molecule has 2 saturated heterocycles.